The lowest BCUT2D eigenvalue weighted by Gasteiger charge is -2.34. The monoisotopic (exact) mass is 230 g/mol. The summed E-state index contributed by atoms with van der Waals surface area (Å²) < 4.78 is 5.38. The van der Waals surface area contributed by atoms with Crippen molar-refractivity contribution in [3.63, 3.8) is 0 Å². The maximum absolute atomic E-state index is 5.38. The SMILES string of the molecule is CC.CCN(CCN(C)C)C1CCOCC1. The Morgan fingerprint density at radius 2 is 1.62 bits per heavy atom. The molecule has 0 radical (unpaired) electrons. The van der Waals surface area contributed by atoms with Crippen LogP contribution in [0.4, 0.5) is 0 Å². The summed E-state index contributed by atoms with van der Waals surface area (Å²) in [5.74, 6) is 0. The topological polar surface area (TPSA) is 15.7 Å². The van der Waals surface area contributed by atoms with Gasteiger partial charge in [-0.05, 0) is 33.5 Å². The second-order valence-electron chi connectivity index (χ2n) is 4.28. The van der Waals surface area contributed by atoms with Crippen molar-refractivity contribution in [2.24, 2.45) is 0 Å². The average molecular weight is 230 g/mol. The van der Waals surface area contributed by atoms with Gasteiger partial charge in [-0.15, -0.1) is 0 Å². The Morgan fingerprint density at radius 1 is 1.06 bits per heavy atom. The van der Waals surface area contributed by atoms with Crippen molar-refractivity contribution in [2.75, 3.05) is 46.9 Å². The van der Waals surface area contributed by atoms with E-state index in [1.54, 1.807) is 0 Å². The molecule has 0 aromatic carbocycles. The molecule has 0 aliphatic carbocycles. The first-order valence-corrected chi connectivity index (χ1v) is 6.70. The van der Waals surface area contributed by atoms with Gasteiger partial charge in [0.15, 0.2) is 0 Å². The highest BCUT2D eigenvalue weighted by atomic mass is 16.5. The zero-order chi connectivity index (χ0) is 12.4. The van der Waals surface area contributed by atoms with E-state index in [1.165, 1.54) is 25.9 Å². The molecule has 3 nitrogen and oxygen atoms in total. The highest BCUT2D eigenvalue weighted by molar-refractivity contribution is 4.74. The lowest BCUT2D eigenvalue weighted by Crippen LogP contribution is -2.42. The molecule has 0 saturated carbocycles. The Hall–Kier alpha value is -0.120. The first-order valence-electron chi connectivity index (χ1n) is 6.70. The zero-order valence-corrected chi connectivity index (χ0v) is 11.8. The van der Waals surface area contributed by atoms with Gasteiger partial charge in [0.05, 0.1) is 0 Å². The first-order chi connectivity index (χ1) is 7.74. The molecule has 98 valence electrons. The van der Waals surface area contributed by atoms with Gasteiger partial charge in [-0.25, -0.2) is 0 Å². The minimum absolute atomic E-state index is 0.758. The van der Waals surface area contributed by atoms with E-state index in [4.69, 9.17) is 4.74 Å². The number of hydrogen-bond donors (Lipinski definition) is 0. The van der Waals surface area contributed by atoms with E-state index >= 15 is 0 Å². The van der Waals surface area contributed by atoms with Crippen molar-refractivity contribution < 1.29 is 4.74 Å². The average Bonchev–Trinajstić information content (AvgIpc) is 2.33. The van der Waals surface area contributed by atoms with Gasteiger partial charge in [0.2, 0.25) is 0 Å². The fourth-order valence-corrected chi connectivity index (χ4v) is 1.98. The summed E-state index contributed by atoms with van der Waals surface area (Å²) in [6, 6.07) is 0.758. The molecular formula is C13H30N2O. The third-order valence-corrected chi connectivity index (χ3v) is 2.95. The second kappa shape index (κ2) is 10.1. The van der Waals surface area contributed by atoms with Gasteiger partial charge in [-0.3, -0.25) is 4.90 Å². The van der Waals surface area contributed by atoms with Crippen LogP contribution in [-0.4, -0.2) is 62.8 Å². The standard InChI is InChI=1S/C11H24N2O.C2H6/c1-4-13(8-7-12(2)3)11-5-9-14-10-6-11;1-2/h11H,4-10H2,1-3H3;1-2H3. The quantitative estimate of drug-likeness (QED) is 0.719. The molecule has 1 aliphatic heterocycles. The van der Waals surface area contributed by atoms with Crippen molar-refractivity contribution in [3.8, 4) is 0 Å². The van der Waals surface area contributed by atoms with Crippen molar-refractivity contribution in [1.29, 1.82) is 0 Å². The number of nitrogens with zero attached hydrogens (tertiary/aromatic N) is 2. The summed E-state index contributed by atoms with van der Waals surface area (Å²) in [6.07, 6.45) is 2.42. The van der Waals surface area contributed by atoms with Crippen LogP contribution in [0.3, 0.4) is 0 Å². The Labute approximate surface area is 102 Å². The number of ether oxygens (including phenoxy) is 1. The van der Waals surface area contributed by atoms with Crippen LogP contribution in [-0.2, 0) is 4.74 Å². The summed E-state index contributed by atoms with van der Waals surface area (Å²) in [5.41, 5.74) is 0. The maximum atomic E-state index is 5.38. The van der Waals surface area contributed by atoms with Crippen LogP contribution in [0.25, 0.3) is 0 Å². The van der Waals surface area contributed by atoms with Crippen LogP contribution in [0.2, 0.25) is 0 Å². The highest BCUT2D eigenvalue weighted by Gasteiger charge is 2.19. The molecular weight excluding hydrogens is 200 g/mol. The van der Waals surface area contributed by atoms with Crippen molar-refractivity contribution >= 4 is 0 Å². The van der Waals surface area contributed by atoms with Crippen LogP contribution in [0.1, 0.15) is 33.6 Å². The first kappa shape index (κ1) is 15.9. The predicted octanol–water partition coefficient (Wildman–Crippen LogP) is 2.08. The third kappa shape index (κ3) is 6.46. The molecule has 3 heteroatoms. The van der Waals surface area contributed by atoms with Gasteiger partial charge >= 0.3 is 0 Å². The van der Waals surface area contributed by atoms with Gasteiger partial charge in [0.25, 0.3) is 0 Å². The Kier molecular flexibility index (Phi) is 9.99. The lowest BCUT2D eigenvalue weighted by molar-refractivity contribution is 0.0340. The zero-order valence-electron chi connectivity index (χ0n) is 11.8. The molecule has 0 bridgehead atoms. The lowest BCUT2D eigenvalue weighted by atomic mass is 10.1. The van der Waals surface area contributed by atoms with Crippen molar-refractivity contribution in [2.45, 2.75) is 39.7 Å². The van der Waals surface area contributed by atoms with Gasteiger partial charge in [-0.1, -0.05) is 20.8 Å². The highest BCUT2D eigenvalue weighted by Crippen LogP contribution is 2.13. The number of hydrogen-bond acceptors (Lipinski definition) is 3. The maximum Gasteiger partial charge on any atom is 0.0480 e. The van der Waals surface area contributed by atoms with Crippen LogP contribution in [0.5, 0.6) is 0 Å². The molecule has 1 heterocycles. The van der Waals surface area contributed by atoms with Crippen LogP contribution in [0, 0.1) is 0 Å². The summed E-state index contributed by atoms with van der Waals surface area (Å²) in [6.45, 7) is 11.7. The van der Waals surface area contributed by atoms with E-state index in [-0.39, 0.29) is 0 Å². The molecule has 0 atom stereocenters. The van der Waals surface area contributed by atoms with Crippen molar-refractivity contribution in [3.05, 3.63) is 0 Å². The molecule has 0 unspecified atom stereocenters. The van der Waals surface area contributed by atoms with Gasteiger partial charge in [-0.2, -0.15) is 0 Å². The fourth-order valence-electron chi connectivity index (χ4n) is 1.98. The largest absolute Gasteiger partial charge is 0.381 e. The minimum atomic E-state index is 0.758. The molecule has 1 aliphatic rings. The Balaban J connectivity index is 0.00000106. The summed E-state index contributed by atoms with van der Waals surface area (Å²) in [4.78, 5) is 4.84. The normalized spacial score (nSPS) is 17.4. The molecule has 0 spiro atoms. The molecule has 1 saturated heterocycles. The van der Waals surface area contributed by atoms with Crippen LogP contribution in [0.15, 0.2) is 0 Å². The summed E-state index contributed by atoms with van der Waals surface area (Å²) in [5, 5.41) is 0. The van der Waals surface area contributed by atoms with Crippen LogP contribution >= 0.6 is 0 Å². The molecule has 0 amide bonds. The van der Waals surface area contributed by atoms with E-state index in [9.17, 15) is 0 Å². The van der Waals surface area contributed by atoms with E-state index in [0.29, 0.717) is 0 Å². The molecule has 0 aromatic heterocycles. The second-order valence-corrected chi connectivity index (χ2v) is 4.28. The summed E-state index contributed by atoms with van der Waals surface area (Å²) in [7, 11) is 4.27. The van der Waals surface area contributed by atoms with E-state index in [2.05, 4.69) is 30.8 Å². The summed E-state index contributed by atoms with van der Waals surface area (Å²) >= 11 is 0. The number of rotatable bonds is 5. The van der Waals surface area contributed by atoms with Gasteiger partial charge < -0.3 is 9.64 Å². The smallest absolute Gasteiger partial charge is 0.0480 e. The predicted molar refractivity (Wildman–Crippen MR) is 71.0 cm³/mol. The van der Waals surface area contributed by atoms with Gasteiger partial charge in [0.1, 0.15) is 0 Å². The fraction of sp³-hybridized carbons (Fsp3) is 1.00. The molecule has 0 aromatic rings. The third-order valence-electron chi connectivity index (χ3n) is 2.95. The number of likely N-dealkylation sites (N-methyl/N-ethyl adjacent to an activating group) is 2. The van der Waals surface area contributed by atoms with Crippen LogP contribution < -0.4 is 0 Å². The van der Waals surface area contributed by atoms with Crippen molar-refractivity contribution in [1.82, 2.24) is 9.80 Å². The van der Waals surface area contributed by atoms with Gasteiger partial charge in [0, 0.05) is 32.3 Å². The van der Waals surface area contributed by atoms with E-state index < -0.39 is 0 Å². The Bertz CT molecular complexity index is 145. The Morgan fingerprint density at radius 3 is 2.06 bits per heavy atom. The molecule has 16 heavy (non-hydrogen) atoms. The minimum Gasteiger partial charge on any atom is -0.381 e. The molecule has 0 N–H and O–H groups in total. The molecule has 1 rings (SSSR count). The molecule has 1 fully saturated rings. The van der Waals surface area contributed by atoms with E-state index in [0.717, 1.165) is 25.8 Å². The van der Waals surface area contributed by atoms with E-state index in [1.807, 2.05) is 13.8 Å².